The number of nitrogens with one attached hydrogen (secondary N) is 2. The highest BCUT2D eigenvalue weighted by Crippen LogP contribution is 2.42. The van der Waals surface area contributed by atoms with Gasteiger partial charge in [0.25, 0.3) is 0 Å². The molecule has 7 nitrogen and oxygen atoms in total. The lowest BCUT2D eigenvalue weighted by molar-refractivity contribution is -0.0456. The Morgan fingerprint density at radius 3 is 1.67 bits per heavy atom. The van der Waals surface area contributed by atoms with E-state index in [0.29, 0.717) is 0 Å². The van der Waals surface area contributed by atoms with Crippen LogP contribution in [-0.4, -0.2) is 46.5 Å². The average molecular weight is 407 g/mol. The lowest BCUT2D eigenvalue weighted by Crippen LogP contribution is -2.45. The summed E-state index contributed by atoms with van der Waals surface area (Å²) in [5.74, 6) is 0. The number of rotatable bonds is 6. The Balaban J connectivity index is 5.83. The minimum atomic E-state index is -6.79. The first-order valence-electron chi connectivity index (χ1n) is 6.01. The predicted octanol–water partition coefficient (Wildman–Crippen LogP) is 1.44. The number of sulfone groups is 2. The van der Waals surface area contributed by atoms with Gasteiger partial charge < -0.3 is 10.6 Å². The molecule has 0 aliphatic carbocycles. The minimum Gasteiger partial charge on any atom is -0.338 e. The van der Waals surface area contributed by atoms with Gasteiger partial charge in [-0.2, -0.15) is 26.3 Å². The van der Waals surface area contributed by atoms with Crippen LogP contribution >= 0.6 is 0 Å². The largest absolute Gasteiger partial charge is 0.469 e. The molecule has 0 saturated heterocycles. The normalized spacial score (nSPS) is 15.2. The smallest absolute Gasteiger partial charge is 0.338 e. The van der Waals surface area contributed by atoms with E-state index in [2.05, 4.69) is 5.32 Å². The van der Waals surface area contributed by atoms with Gasteiger partial charge in [-0.05, 0) is 13.8 Å². The molecule has 144 valence electrons. The van der Waals surface area contributed by atoms with E-state index in [4.69, 9.17) is 0 Å². The monoisotopic (exact) mass is 407 g/mol. The number of halogens is 6. The van der Waals surface area contributed by atoms with E-state index in [9.17, 15) is 48.0 Å². The van der Waals surface area contributed by atoms with Gasteiger partial charge in [-0.15, -0.1) is 6.42 Å². The van der Waals surface area contributed by atoms with Gasteiger partial charge in [0.1, 0.15) is 19.7 Å². The summed E-state index contributed by atoms with van der Waals surface area (Å²) >= 11 is 0. The van der Waals surface area contributed by atoms with E-state index in [1.807, 2.05) is 5.32 Å². The lowest BCUT2D eigenvalue weighted by atomic mass is 10.3. The zero-order valence-electron chi connectivity index (χ0n) is 12.1. The summed E-state index contributed by atoms with van der Waals surface area (Å²) in [5.41, 5.74) is -12.5. The quantitative estimate of drug-likeness (QED) is 0.512. The number of urea groups is 1. The molecule has 2 amide bonds. The first-order valence-corrected chi connectivity index (χ1v) is 8.98. The molecule has 0 aromatic carbocycles. The summed E-state index contributed by atoms with van der Waals surface area (Å²) in [7, 11) is -13.6. The van der Waals surface area contributed by atoms with E-state index in [1.165, 1.54) is 6.92 Å². The molecule has 0 aliphatic rings. The third kappa shape index (κ3) is 5.12. The maximum absolute atomic E-state index is 12.5. The Morgan fingerprint density at radius 2 is 1.38 bits per heavy atom. The fraction of sp³-hybridized carbons (Fsp3) is 0.778. The van der Waals surface area contributed by atoms with Crippen LogP contribution < -0.4 is 10.6 Å². The van der Waals surface area contributed by atoms with Crippen LogP contribution in [0.25, 0.3) is 0 Å². The van der Waals surface area contributed by atoms with Crippen LogP contribution in [-0.2, 0) is 19.7 Å². The topological polar surface area (TPSA) is 109 Å². The molecule has 0 bridgehead atoms. The Kier molecular flexibility index (Phi) is 6.95. The molecule has 0 rings (SSSR count). The summed E-state index contributed by atoms with van der Waals surface area (Å²) in [4.78, 5) is 11.2. The number of amides is 2. The molecule has 24 heavy (non-hydrogen) atoms. The van der Waals surface area contributed by atoms with Crippen molar-refractivity contribution in [1.82, 2.24) is 10.6 Å². The molecule has 1 atom stereocenters. The van der Waals surface area contributed by atoms with Crippen LogP contribution in [0.3, 0.4) is 0 Å². The molecule has 0 aromatic heterocycles. The highest BCUT2D eigenvalue weighted by Gasteiger charge is 2.53. The van der Waals surface area contributed by atoms with Crippen LogP contribution in [0.15, 0.2) is 0 Å². The molecule has 0 saturated carbocycles. The van der Waals surface area contributed by atoms with Crippen molar-refractivity contribution in [1.29, 1.82) is 0 Å². The number of alkyl halides is 6. The van der Waals surface area contributed by atoms with Gasteiger partial charge in [-0.1, -0.05) is 4.58 Å². The van der Waals surface area contributed by atoms with E-state index < -0.39 is 53.8 Å². The van der Waals surface area contributed by atoms with Crippen molar-refractivity contribution in [2.45, 2.75) is 37.3 Å². The van der Waals surface area contributed by atoms with Gasteiger partial charge in [-0.25, -0.2) is 4.79 Å². The molecule has 15 heteroatoms. The van der Waals surface area contributed by atoms with Crippen LogP contribution in [0.5, 0.6) is 0 Å². The van der Waals surface area contributed by atoms with Crippen molar-refractivity contribution in [2.24, 2.45) is 0 Å². The van der Waals surface area contributed by atoms with Crippen molar-refractivity contribution >= 4 is 25.7 Å². The van der Waals surface area contributed by atoms with Gasteiger partial charge in [0, 0.05) is 12.6 Å². The van der Waals surface area contributed by atoms with E-state index in [0.717, 1.165) is 6.92 Å². The fourth-order valence-corrected chi connectivity index (χ4v) is 4.54. The molecule has 0 heterocycles. The molecule has 0 spiro atoms. The second-order valence-corrected chi connectivity index (χ2v) is 8.56. The Hall–Kier alpha value is -1.25. The number of hydrogen-bond acceptors (Lipinski definition) is 5. The summed E-state index contributed by atoms with van der Waals surface area (Å²) in [6.45, 7) is 2.34. The molecule has 1 unspecified atom stereocenters. The Labute approximate surface area is 133 Å². The molecule has 0 aliphatic heterocycles. The maximum atomic E-state index is 12.5. The number of hydrogen-bond donors (Lipinski definition) is 2. The maximum Gasteiger partial charge on any atom is 0.469 e. The van der Waals surface area contributed by atoms with Gasteiger partial charge in [0.15, 0.2) is 0 Å². The third-order valence-corrected chi connectivity index (χ3v) is 6.46. The minimum absolute atomic E-state index is 0.0524. The number of carbonyl (C=O) groups is 1. The standard InChI is InChI=1S/C9H13F6N2O5S2/c1-3-16-7(18)17-5(2)4-6(23(19,20)8(10,11)12)24(21,22)9(13,14)15/h5H,3-4H2,1-2H3,(H2,16,17,18)/q-1. The van der Waals surface area contributed by atoms with Gasteiger partial charge >= 0.3 is 17.0 Å². The van der Waals surface area contributed by atoms with Crippen molar-refractivity contribution in [2.75, 3.05) is 6.54 Å². The van der Waals surface area contributed by atoms with Gasteiger partial charge in [-0.3, -0.25) is 16.8 Å². The molecule has 2 N–H and O–H groups in total. The molecule has 0 aromatic rings. The van der Waals surface area contributed by atoms with Crippen LogP contribution in [0.4, 0.5) is 31.1 Å². The second-order valence-electron chi connectivity index (χ2n) is 4.38. The van der Waals surface area contributed by atoms with E-state index >= 15 is 0 Å². The van der Waals surface area contributed by atoms with E-state index in [-0.39, 0.29) is 6.54 Å². The molecular weight excluding hydrogens is 394 g/mol. The first-order chi connectivity index (χ1) is 10.5. The van der Waals surface area contributed by atoms with Gasteiger partial charge in [0.2, 0.25) is 0 Å². The highest BCUT2D eigenvalue weighted by molar-refractivity contribution is 8.13. The van der Waals surface area contributed by atoms with Crippen molar-refractivity contribution in [3.05, 3.63) is 4.58 Å². The number of carbonyl (C=O) groups excluding carboxylic acids is 1. The Bertz CT molecular complexity index is 611. The lowest BCUT2D eigenvalue weighted by Gasteiger charge is -2.33. The van der Waals surface area contributed by atoms with Crippen molar-refractivity contribution in [3.63, 3.8) is 0 Å². The van der Waals surface area contributed by atoms with Crippen LogP contribution in [0.1, 0.15) is 20.3 Å². The predicted molar refractivity (Wildman–Crippen MR) is 69.5 cm³/mol. The summed E-state index contributed by atoms with van der Waals surface area (Å²) in [5, 5.41) is 3.91. The Morgan fingerprint density at radius 1 is 1.00 bits per heavy atom. The summed E-state index contributed by atoms with van der Waals surface area (Å²) < 4.78 is 117. The fourth-order valence-electron chi connectivity index (χ4n) is 1.36. The average Bonchev–Trinajstić information content (AvgIpc) is 2.32. The van der Waals surface area contributed by atoms with Crippen LogP contribution in [0.2, 0.25) is 0 Å². The third-order valence-electron chi connectivity index (χ3n) is 2.40. The highest BCUT2D eigenvalue weighted by atomic mass is 32.3. The molecular formula is C9H13F6N2O5S2-. The van der Waals surface area contributed by atoms with Gasteiger partial charge in [0.05, 0.1) is 0 Å². The second kappa shape index (κ2) is 7.33. The van der Waals surface area contributed by atoms with Crippen molar-refractivity contribution in [3.8, 4) is 0 Å². The summed E-state index contributed by atoms with van der Waals surface area (Å²) in [6, 6.07) is -2.68. The molecule has 0 fully saturated rings. The first kappa shape index (κ1) is 22.8. The zero-order chi connectivity index (χ0) is 19.6. The molecule has 0 radical (unpaired) electrons. The SMILES string of the molecule is CCNC(=O)NC(C)C[C-](S(=O)(=O)C(F)(F)F)S(=O)(=O)C(F)(F)F. The van der Waals surface area contributed by atoms with Crippen molar-refractivity contribution < 1.29 is 48.0 Å². The summed E-state index contributed by atoms with van der Waals surface area (Å²) in [6.07, 6.45) is -1.72. The zero-order valence-corrected chi connectivity index (χ0v) is 13.8. The van der Waals surface area contributed by atoms with Crippen LogP contribution in [0, 0.1) is 4.58 Å². The van der Waals surface area contributed by atoms with E-state index in [1.54, 1.807) is 0 Å².